The standard InChI is InChI=1S/C26H31N3O2/c1-21-17-25(29-13-15-31-16-14-29)6-5-24(21)20-28(19-23-9-11-27-12-10-23)18-22-3-7-26(30-2)8-4-22/h3-12,17H,13-16,18-20H2,1-2H3. The summed E-state index contributed by atoms with van der Waals surface area (Å²) in [6.45, 7) is 8.40. The summed E-state index contributed by atoms with van der Waals surface area (Å²) < 4.78 is 10.8. The van der Waals surface area contributed by atoms with Crippen molar-refractivity contribution in [3.8, 4) is 5.75 Å². The highest BCUT2D eigenvalue weighted by Gasteiger charge is 2.14. The van der Waals surface area contributed by atoms with Crippen molar-refractivity contribution in [2.45, 2.75) is 26.6 Å². The quantitative estimate of drug-likeness (QED) is 0.542. The van der Waals surface area contributed by atoms with Crippen molar-refractivity contribution in [1.29, 1.82) is 0 Å². The van der Waals surface area contributed by atoms with Crippen LogP contribution in [0.15, 0.2) is 67.0 Å². The number of hydrogen-bond donors (Lipinski definition) is 0. The highest BCUT2D eigenvalue weighted by Crippen LogP contribution is 2.23. The number of benzene rings is 2. The molecule has 4 rings (SSSR count). The topological polar surface area (TPSA) is 37.8 Å². The Morgan fingerprint density at radius 1 is 0.903 bits per heavy atom. The second-order valence-electron chi connectivity index (χ2n) is 8.06. The van der Waals surface area contributed by atoms with E-state index in [2.05, 4.69) is 64.2 Å². The number of nitrogens with zero attached hydrogens (tertiary/aromatic N) is 3. The molecule has 1 saturated heterocycles. The van der Waals surface area contributed by atoms with Gasteiger partial charge in [-0.05, 0) is 65.6 Å². The van der Waals surface area contributed by atoms with E-state index >= 15 is 0 Å². The Labute approximate surface area is 185 Å². The van der Waals surface area contributed by atoms with Crippen molar-refractivity contribution in [3.05, 3.63) is 89.2 Å². The van der Waals surface area contributed by atoms with E-state index in [1.807, 2.05) is 24.5 Å². The monoisotopic (exact) mass is 417 g/mol. The van der Waals surface area contributed by atoms with Crippen LogP contribution in [0.1, 0.15) is 22.3 Å². The minimum Gasteiger partial charge on any atom is -0.497 e. The Balaban J connectivity index is 1.51. The van der Waals surface area contributed by atoms with Gasteiger partial charge >= 0.3 is 0 Å². The summed E-state index contributed by atoms with van der Waals surface area (Å²) in [7, 11) is 1.70. The number of aromatic nitrogens is 1. The molecule has 31 heavy (non-hydrogen) atoms. The van der Waals surface area contributed by atoms with Gasteiger partial charge in [-0.1, -0.05) is 18.2 Å². The summed E-state index contributed by atoms with van der Waals surface area (Å²) in [6, 6.07) is 19.4. The summed E-state index contributed by atoms with van der Waals surface area (Å²) in [5.41, 5.74) is 6.53. The molecular formula is C26H31N3O2. The third-order valence-corrected chi connectivity index (χ3v) is 5.82. The average Bonchev–Trinajstić information content (AvgIpc) is 2.82. The molecule has 3 aromatic rings. The van der Waals surface area contributed by atoms with Gasteiger partial charge in [0.1, 0.15) is 5.75 Å². The summed E-state index contributed by atoms with van der Waals surface area (Å²) in [6.07, 6.45) is 3.73. The first-order valence-corrected chi connectivity index (χ1v) is 10.9. The maximum atomic E-state index is 5.49. The SMILES string of the molecule is COc1ccc(CN(Cc2ccncc2)Cc2ccc(N3CCOCC3)cc2C)cc1. The number of anilines is 1. The fourth-order valence-corrected chi connectivity index (χ4v) is 4.02. The zero-order chi connectivity index (χ0) is 21.5. The van der Waals surface area contributed by atoms with Gasteiger partial charge in [0.2, 0.25) is 0 Å². The molecule has 0 unspecified atom stereocenters. The Morgan fingerprint density at radius 3 is 2.23 bits per heavy atom. The zero-order valence-electron chi connectivity index (χ0n) is 18.5. The first kappa shape index (κ1) is 21.3. The van der Waals surface area contributed by atoms with Crippen molar-refractivity contribution < 1.29 is 9.47 Å². The molecule has 0 saturated carbocycles. The molecule has 0 bridgehead atoms. The molecular weight excluding hydrogens is 386 g/mol. The van der Waals surface area contributed by atoms with Crippen molar-refractivity contribution >= 4 is 5.69 Å². The Kier molecular flexibility index (Phi) is 7.18. The molecule has 5 nitrogen and oxygen atoms in total. The van der Waals surface area contributed by atoms with Crippen molar-refractivity contribution in [1.82, 2.24) is 9.88 Å². The summed E-state index contributed by atoms with van der Waals surface area (Å²) >= 11 is 0. The molecule has 1 aromatic heterocycles. The Bertz CT molecular complexity index is 954. The number of aryl methyl sites for hydroxylation is 1. The van der Waals surface area contributed by atoms with E-state index in [1.165, 1.54) is 27.9 Å². The van der Waals surface area contributed by atoms with Crippen LogP contribution >= 0.6 is 0 Å². The van der Waals surface area contributed by atoms with Gasteiger partial charge in [0.25, 0.3) is 0 Å². The molecule has 0 atom stereocenters. The normalized spacial score (nSPS) is 14.1. The van der Waals surface area contributed by atoms with Gasteiger partial charge in [0, 0.05) is 50.8 Å². The van der Waals surface area contributed by atoms with E-state index in [0.29, 0.717) is 0 Å². The molecule has 2 aromatic carbocycles. The van der Waals surface area contributed by atoms with Crippen LogP contribution in [0.5, 0.6) is 5.75 Å². The van der Waals surface area contributed by atoms with E-state index in [1.54, 1.807) is 7.11 Å². The third kappa shape index (κ3) is 5.84. The van der Waals surface area contributed by atoms with Gasteiger partial charge in [-0.2, -0.15) is 0 Å². The zero-order valence-corrected chi connectivity index (χ0v) is 18.5. The minimum atomic E-state index is 0.808. The number of rotatable bonds is 8. The van der Waals surface area contributed by atoms with Crippen LogP contribution < -0.4 is 9.64 Å². The van der Waals surface area contributed by atoms with Crippen molar-refractivity contribution in [3.63, 3.8) is 0 Å². The maximum Gasteiger partial charge on any atom is 0.118 e. The highest BCUT2D eigenvalue weighted by molar-refractivity contribution is 5.51. The van der Waals surface area contributed by atoms with Gasteiger partial charge in [0.15, 0.2) is 0 Å². The summed E-state index contributed by atoms with van der Waals surface area (Å²) in [5.74, 6) is 0.888. The number of hydrogen-bond acceptors (Lipinski definition) is 5. The lowest BCUT2D eigenvalue weighted by Gasteiger charge is -2.30. The molecule has 0 radical (unpaired) electrons. The van der Waals surface area contributed by atoms with Crippen molar-refractivity contribution in [2.24, 2.45) is 0 Å². The van der Waals surface area contributed by atoms with E-state index in [9.17, 15) is 0 Å². The molecule has 0 aliphatic carbocycles. The second-order valence-corrected chi connectivity index (χ2v) is 8.06. The number of ether oxygens (including phenoxy) is 2. The third-order valence-electron chi connectivity index (χ3n) is 5.82. The van der Waals surface area contributed by atoms with Gasteiger partial charge in [-0.3, -0.25) is 9.88 Å². The molecule has 2 heterocycles. The highest BCUT2D eigenvalue weighted by atomic mass is 16.5. The molecule has 0 N–H and O–H groups in total. The maximum absolute atomic E-state index is 5.49. The van der Waals surface area contributed by atoms with Crippen molar-refractivity contribution in [2.75, 3.05) is 38.3 Å². The van der Waals surface area contributed by atoms with Crippen LogP contribution in [-0.2, 0) is 24.4 Å². The minimum absolute atomic E-state index is 0.808. The molecule has 0 amide bonds. The van der Waals surface area contributed by atoms with Crippen LogP contribution in [0.25, 0.3) is 0 Å². The van der Waals surface area contributed by atoms with Crippen LogP contribution in [0.3, 0.4) is 0 Å². The lowest BCUT2D eigenvalue weighted by Crippen LogP contribution is -2.36. The summed E-state index contributed by atoms with van der Waals surface area (Å²) in [5, 5.41) is 0. The largest absolute Gasteiger partial charge is 0.497 e. The van der Waals surface area contributed by atoms with E-state index < -0.39 is 0 Å². The van der Waals surface area contributed by atoms with E-state index in [4.69, 9.17) is 9.47 Å². The smallest absolute Gasteiger partial charge is 0.118 e. The Hall–Kier alpha value is -2.89. The number of methoxy groups -OCH3 is 1. The van der Waals surface area contributed by atoms with E-state index in [-0.39, 0.29) is 0 Å². The molecule has 1 aliphatic heterocycles. The molecule has 1 aliphatic rings. The van der Waals surface area contributed by atoms with Crippen LogP contribution in [0.4, 0.5) is 5.69 Å². The predicted octanol–water partition coefficient (Wildman–Crippen LogP) is 4.44. The molecule has 162 valence electrons. The average molecular weight is 418 g/mol. The number of pyridine rings is 1. The molecule has 5 heteroatoms. The first-order valence-electron chi connectivity index (χ1n) is 10.9. The first-order chi connectivity index (χ1) is 15.2. The van der Waals surface area contributed by atoms with Gasteiger partial charge < -0.3 is 14.4 Å². The van der Waals surface area contributed by atoms with Gasteiger partial charge in [0.05, 0.1) is 20.3 Å². The van der Waals surface area contributed by atoms with Crippen LogP contribution in [0, 0.1) is 6.92 Å². The van der Waals surface area contributed by atoms with Gasteiger partial charge in [-0.25, -0.2) is 0 Å². The fraction of sp³-hybridized carbons (Fsp3) is 0.346. The van der Waals surface area contributed by atoms with E-state index in [0.717, 1.165) is 51.7 Å². The molecule has 0 spiro atoms. The second kappa shape index (κ2) is 10.4. The summed E-state index contributed by atoms with van der Waals surface area (Å²) in [4.78, 5) is 9.05. The lowest BCUT2D eigenvalue weighted by atomic mass is 10.1. The fourth-order valence-electron chi connectivity index (χ4n) is 4.02. The van der Waals surface area contributed by atoms with Crippen LogP contribution in [-0.4, -0.2) is 43.3 Å². The Morgan fingerprint density at radius 2 is 1.58 bits per heavy atom. The number of morpholine rings is 1. The van der Waals surface area contributed by atoms with Gasteiger partial charge in [-0.15, -0.1) is 0 Å². The van der Waals surface area contributed by atoms with Crippen LogP contribution in [0.2, 0.25) is 0 Å². The predicted molar refractivity (Wildman–Crippen MR) is 124 cm³/mol. The lowest BCUT2D eigenvalue weighted by molar-refractivity contribution is 0.122. The molecule has 1 fully saturated rings.